The molecule has 3 aromatic heterocycles. The highest BCUT2D eigenvalue weighted by Gasteiger charge is 2.10. The van der Waals surface area contributed by atoms with Crippen LogP contribution in [0.1, 0.15) is 5.69 Å². The summed E-state index contributed by atoms with van der Waals surface area (Å²) in [6.07, 6.45) is 3.60. The van der Waals surface area contributed by atoms with Crippen LogP contribution in [0.15, 0.2) is 17.8 Å². The Morgan fingerprint density at radius 3 is 3.00 bits per heavy atom. The Morgan fingerprint density at radius 1 is 1.38 bits per heavy atom. The zero-order chi connectivity index (χ0) is 11.1. The topological polar surface area (TPSA) is 54.5 Å². The van der Waals surface area contributed by atoms with Crippen molar-refractivity contribution >= 4 is 34.0 Å². The van der Waals surface area contributed by atoms with Crippen molar-refractivity contribution in [1.82, 2.24) is 19.9 Å². The molecule has 3 aromatic rings. The lowest BCUT2D eigenvalue weighted by molar-refractivity contribution is 1.20. The number of fused-ring (bicyclic) bond motifs is 1. The van der Waals surface area contributed by atoms with Crippen molar-refractivity contribution in [3.63, 3.8) is 0 Å². The summed E-state index contributed by atoms with van der Waals surface area (Å²) in [5.41, 5.74) is 2.77. The summed E-state index contributed by atoms with van der Waals surface area (Å²) in [6, 6.07) is 0. The van der Waals surface area contributed by atoms with Crippen molar-refractivity contribution < 1.29 is 0 Å². The highest BCUT2D eigenvalue weighted by atomic mass is 35.5. The Morgan fingerprint density at radius 2 is 2.25 bits per heavy atom. The third kappa shape index (κ3) is 1.48. The molecule has 80 valence electrons. The molecule has 0 saturated heterocycles. The van der Waals surface area contributed by atoms with Crippen molar-refractivity contribution in [2.45, 2.75) is 6.92 Å². The second-order valence-electron chi connectivity index (χ2n) is 3.40. The SMILES string of the molecule is Cc1csc(-c2c[nH]c3nc(Cl)ncc23)n1. The van der Waals surface area contributed by atoms with Gasteiger partial charge < -0.3 is 4.98 Å². The van der Waals surface area contributed by atoms with Gasteiger partial charge in [-0.15, -0.1) is 11.3 Å². The lowest BCUT2D eigenvalue weighted by Gasteiger charge is -1.93. The molecule has 3 rings (SSSR count). The number of aromatic nitrogens is 4. The maximum atomic E-state index is 5.72. The lowest BCUT2D eigenvalue weighted by atomic mass is 10.2. The highest BCUT2D eigenvalue weighted by Crippen LogP contribution is 2.29. The van der Waals surface area contributed by atoms with Crippen LogP contribution in [0.5, 0.6) is 0 Å². The Hall–Kier alpha value is -1.46. The predicted molar refractivity (Wildman–Crippen MR) is 64.7 cm³/mol. The van der Waals surface area contributed by atoms with Crippen LogP contribution in [0.3, 0.4) is 0 Å². The van der Waals surface area contributed by atoms with Gasteiger partial charge in [0.15, 0.2) is 0 Å². The standard InChI is InChI=1S/C10H7ClN4S/c1-5-4-16-9(14-5)7-3-12-8-6(7)2-13-10(11)15-8/h2-4H,1H3,(H,12,13,15). The van der Waals surface area contributed by atoms with Crippen molar-refractivity contribution in [3.05, 3.63) is 28.8 Å². The zero-order valence-corrected chi connectivity index (χ0v) is 9.93. The first-order valence-electron chi connectivity index (χ1n) is 4.66. The van der Waals surface area contributed by atoms with Crippen molar-refractivity contribution in [2.75, 3.05) is 0 Å². The summed E-state index contributed by atoms with van der Waals surface area (Å²) in [7, 11) is 0. The summed E-state index contributed by atoms with van der Waals surface area (Å²) >= 11 is 7.33. The molecule has 1 N–H and O–H groups in total. The van der Waals surface area contributed by atoms with Crippen LogP contribution < -0.4 is 0 Å². The van der Waals surface area contributed by atoms with Crippen LogP contribution in [-0.4, -0.2) is 19.9 Å². The Balaban J connectivity index is 2.25. The van der Waals surface area contributed by atoms with E-state index in [4.69, 9.17) is 11.6 Å². The van der Waals surface area contributed by atoms with Crippen LogP contribution in [0.4, 0.5) is 0 Å². The van der Waals surface area contributed by atoms with Gasteiger partial charge in [-0.25, -0.2) is 9.97 Å². The first-order chi connectivity index (χ1) is 7.74. The van der Waals surface area contributed by atoms with E-state index < -0.39 is 0 Å². The number of rotatable bonds is 1. The fraction of sp³-hybridized carbons (Fsp3) is 0.100. The number of aromatic amines is 1. The largest absolute Gasteiger partial charge is 0.345 e. The molecule has 4 nitrogen and oxygen atoms in total. The van der Waals surface area contributed by atoms with Gasteiger partial charge in [-0.1, -0.05) is 0 Å². The summed E-state index contributed by atoms with van der Waals surface area (Å²) in [5.74, 6) is 0. The fourth-order valence-corrected chi connectivity index (χ4v) is 2.50. The number of hydrogen-bond donors (Lipinski definition) is 1. The summed E-state index contributed by atoms with van der Waals surface area (Å²) in [6.45, 7) is 1.97. The quantitative estimate of drug-likeness (QED) is 0.676. The van der Waals surface area contributed by atoms with Crippen LogP contribution in [0, 0.1) is 6.92 Å². The van der Waals surface area contributed by atoms with Crippen LogP contribution in [0.2, 0.25) is 5.28 Å². The third-order valence-corrected chi connectivity index (χ3v) is 3.43. The number of nitrogens with one attached hydrogen (secondary N) is 1. The molecule has 0 aliphatic rings. The molecule has 3 heterocycles. The van der Waals surface area contributed by atoms with Gasteiger partial charge >= 0.3 is 0 Å². The number of aryl methyl sites for hydroxylation is 1. The number of thiazole rings is 1. The summed E-state index contributed by atoms with van der Waals surface area (Å²) in [5, 5.41) is 4.18. The van der Waals surface area contributed by atoms with Crippen LogP contribution >= 0.6 is 22.9 Å². The number of H-pyrrole nitrogens is 1. The molecule has 0 aromatic carbocycles. The van der Waals surface area contributed by atoms with E-state index in [-0.39, 0.29) is 5.28 Å². The van der Waals surface area contributed by atoms with Gasteiger partial charge in [0, 0.05) is 34.4 Å². The third-order valence-electron chi connectivity index (χ3n) is 2.25. The molecular formula is C10H7ClN4S. The molecule has 0 saturated carbocycles. The molecule has 0 radical (unpaired) electrons. The van der Waals surface area contributed by atoms with Gasteiger partial charge in [0.25, 0.3) is 0 Å². The molecular weight excluding hydrogens is 244 g/mol. The maximum absolute atomic E-state index is 5.72. The van der Waals surface area contributed by atoms with Crippen molar-refractivity contribution in [1.29, 1.82) is 0 Å². The van der Waals surface area contributed by atoms with Gasteiger partial charge in [0.2, 0.25) is 5.28 Å². The second kappa shape index (κ2) is 3.54. The van der Waals surface area contributed by atoms with E-state index in [9.17, 15) is 0 Å². The smallest absolute Gasteiger partial charge is 0.224 e. The Kier molecular flexibility index (Phi) is 2.15. The van der Waals surface area contributed by atoms with Crippen molar-refractivity contribution in [2.24, 2.45) is 0 Å². The Labute approximate surface area is 100 Å². The molecule has 6 heteroatoms. The highest BCUT2D eigenvalue weighted by molar-refractivity contribution is 7.13. The van der Waals surface area contributed by atoms with E-state index in [1.54, 1.807) is 17.5 Å². The maximum Gasteiger partial charge on any atom is 0.224 e. The van der Waals surface area contributed by atoms with Gasteiger partial charge in [-0.05, 0) is 18.5 Å². The van der Waals surface area contributed by atoms with Gasteiger partial charge in [0.1, 0.15) is 10.7 Å². The molecule has 0 spiro atoms. The van der Waals surface area contributed by atoms with E-state index >= 15 is 0 Å². The number of nitrogens with zero attached hydrogens (tertiary/aromatic N) is 3. The van der Waals surface area contributed by atoms with Crippen LogP contribution in [-0.2, 0) is 0 Å². The normalized spacial score (nSPS) is 11.1. The van der Waals surface area contributed by atoms with E-state index in [2.05, 4.69) is 19.9 Å². The number of hydrogen-bond acceptors (Lipinski definition) is 4. The van der Waals surface area contributed by atoms with Crippen molar-refractivity contribution in [3.8, 4) is 10.6 Å². The Bertz CT molecular complexity index is 658. The molecule has 0 amide bonds. The minimum atomic E-state index is 0.246. The van der Waals surface area contributed by atoms with E-state index in [1.807, 2.05) is 18.5 Å². The van der Waals surface area contributed by atoms with Crippen LogP contribution in [0.25, 0.3) is 21.6 Å². The zero-order valence-electron chi connectivity index (χ0n) is 8.36. The minimum Gasteiger partial charge on any atom is -0.345 e. The number of halogens is 1. The van der Waals surface area contributed by atoms with E-state index in [0.717, 1.165) is 27.3 Å². The first-order valence-corrected chi connectivity index (χ1v) is 5.92. The second-order valence-corrected chi connectivity index (χ2v) is 4.59. The van der Waals surface area contributed by atoms with E-state index in [0.29, 0.717) is 0 Å². The lowest BCUT2D eigenvalue weighted by Crippen LogP contribution is -1.82. The van der Waals surface area contributed by atoms with Gasteiger partial charge in [-0.2, -0.15) is 4.98 Å². The average molecular weight is 251 g/mol. The molecule has 0 aliphatic heterocycles. The molecule has 16 heavy (non-hydrogen) atoms. The molecule has 0 unspecified atom stereocenters. The average Bonchev–Trinajstić information content (AvgIpc) is 2.83. The predicted octanol–water partition coefficient (Wildman–Crippen LogP) is 3.04. The van der Waals surface area contributed by atoms with Gasteiger partial charge in [-0.3, -0.25) is 0 Å². The molecule has 0 fully saturated rings. The van der Waals surface area contributed by atoms with Gasteiger partial charge in [0.05, 0.1) is 0 Å². The van der Waals surface area contributed by atoms with E-state index in [1.165, 1.54) is 0 Å². The fourth-order valence-electron chi connectivity index (χ4n) is 1.54. The summed E-state index contributed by atoms with van der Waals surface area (Å²) in [4.78, 5) is 15.6. The molecule has 0 bridgehead atoms. The summed E-state index contributed by atoms with van der Waals surface area (Å²) < 4.78 is 0. The minimum absolute atomic E-state index is 0.246. The molecule has 0 aliphatic carbocycles. The monoisotopic (exact) mass is 250 g/mol. The first kappa shape index (κ1) is 9.74. The molecule has 0 atom stereocenters.